The van der Waals surface area contributed by atoms with E-state index in [1.807, 2.05) is 13.0 Å². The van der Waals surface area contributed by atoms with Crippen molar-refractivity contribution in [3.05, 3.63) is 53.7 Å². The van der Waals surface area contributed by atoms with Gasteiger partial charge in [0.2, 0.25) is 5.88 Å². The maximum Gasteiger partial charge on any atom is 0.434 e. The molecule has 10 heteroatoms. The highest BCUT2D eigenvalue weighted by molar-refractivity contribution is 6.76. The highest BCUT2D eigenvalue weighted by atomic mass is 28.3. The van der Waals surface area contributed by atoms with Crippen LogP contribution in [-0.2, 0) is 17.6 Å². The molecular formula is C27H33F4N3O2Si. The fourth-order valence-corrected chi connectivity index (χ4v) is 4.80. The molecule has 2 aromatic heterocycles. The van der Waals surface area contributed by atoms with Crippen molar-refractivity contribution in [2.24, 2.45) is 5.92 Å². The maximum absolute atomic E-state index is 15.3. The van der Waals surface area contributed by atoms with Crippen LogP contribution in [-0.4, -0.2) is 35.8 Å². The quantitative estimate of drug-likeness (QED) is 0.153. The monoisotopic (exact) mass is 535 g/mol. The van der Waals surface area contributed by atoms with Gasteiger partial charge in [-0.05, 0) is 55.0 Å². The van der Waals surface area contributed by atoms with Crippen LogP contribution in [0.15, 0.2) is 36.7 Å². The molecule has 1 aliphatic carbocycles. The summed E-state index contributed by atoms with van der Waals surface area (Å²) in [5.74, 6) is 0.310. The second-order valence-electron chi connectivity index (χ2n) is 10.9. The second kappa shape index (κ2) is 10.9. The lowest BCUT2D eigenvalue weighted by atomic mass is 9.86. The molecule has 0 atom stereocenters. The molecule has 0 aliphatic heterocycles. The molecule has 0 bridgehead atoms. The van der Waals surface area contributed by atoms with Crippen molar-refractivity contribution >= 4 is 8.07 Å². The Morgan fingerprint density at radius 1 is 1.11 bits per heavy atom. The molecule has 0 saturated heterocycles. The number of hydrogen-bond donors (Lipinski definition) is 0. The molecule has 0 spiro atoms. The summed E-state index contributed by atoms with van der Waals surface area (Å²) < 4.78 is 68.2. The number of alkyl halides is 3. The van der Waals surface area contributed by atoms with Crippen LogP contribution < -0.4 is 4.74 Å². The van der Waals surface area contributed by atoms with Gasteiger partial charge >= 0.3 is 6.18 Å². The first-order valence-corrected chi connectivity index (χ1v) is 16.2. The largest absolute Gasteiger partial charge is 0.477 e. The summed E-state index contributed by atoms with van der Waals surface area (Å²) in [6.45, 7) is 9.36. The minimum atomic E-state index is -4.65. The van der Waals surface area contributed by atoms with Gasteiger partial charge in [-0.25, -0.2) is 14.4 Å². The first-order chi connectivity index (χ1) is 17.4. The van der Waals surface area contributed by atoms with Gasteiger partial charge in [-0.1, -0.05) is 32.1 Å². The Bertz CT molecular complexity index is 1230. The first kappa shape index (κ1) is 27.3. The summed E-state index contributed by atoms with van der Waals surface area (Å²) in [6.07, 6.45) is 1.44. The number of halogens is 4. The molecule has 0 N–H and O–H groups in total. The average molecular weight is 536 g/mol. The number of nitrogens with zero attached hydrogens (tertiary/aromatic N) is 3. The number of aromatic nitrogens is 3. The zero-order chi connectivity index (χ0) is 26.8. The van der Waals surface area contributed by atoms with Crippen molar-refractivity contribution in [2.75, 3.05) is 13.2 Å². The van der Waals surface area contributed by atoms with Gasteiger partial charge in [0.25, 0.3) is 0 Å². The van der Waals surface area contributed by atoms with Crippen LogP contribution in [0.3, 0.4) is 0 Å². The summed E-state index contributed by atoms with van der Waals surface area (Å²) in [7, 11) is -1.37. The van der Waals surface area contributed by atoms with Crippen LogP contribution in [0.1, 0.15) is 30.5 Å². The fourth-order valence-electron chi connectivity index (χ4n) is 4.05. The van der Waals surface area contributed by atoms with Crippen LogP contribution in [0.5, 0.6) is 5.88 Å². The van der Waals surface area contributed by atoms with Crippen molar-refractivity contribution in [3.8, 4) is 28.4 Å². The molecule has 1 saturated carbocycles. The zero-order valence-corrected chi connectivity index (χ0v) is 22.7. The van der Waals surface area contributed by atoms with E-state index in [4.69, 9.17) is 9.47 Å². The molecule has 1 aliphatic rings. The van der Waals surface area contributed by atoms with Crippen molar-refractivity contribution < 1.29 is 27.0 Å². The minimum Gasteiger partial charge on any atom is -0.477 e. The predicted molar refractivity (Wildman–Crippen MR) is 138 cm³/mol. The Balaban J connectivity index is 1.55. The number of hydrogen-bond acceptors (Lipinski definition) is 4. The van der Waals surface area contributed by atoms with Crippen molar-refractivity contribution in [1.29, 1.82) is 0 Å². The number of benzene rings is 1. The van der Waals surface area contributed by atoms with Gasteiger partial charge < -0.3 is 14.0 Å². The topological polar surface area (TPSA) is 49.2 Å². The van der Waals surface area contributed by atoms with E-state index in [0.29, 0.717) is 30.6 Å². The van der Waals surface area contributed by atoms with Crippen LogP contribution >= 0.6 is 0 Å². The molecular weight excluding hydrogens is 502 g/mol. The van der Waals surface area contributed by atoms with Gasteiger partial charge in [-0.3, -0.25) is 0 Å². The van der Waals surface area contributed by atoms with Gasteiger partial charge in [0.05, 0.1) is 12.2 Å². The minimum absolute atomic E-state index is 0.0286. The maximum atomic E-state index is 15.3. The summed E-state index contributed by atoms with van der Waals surface area (Å²) in [5, 5.41) is 0. The standard InChI is InChI=1S/C27H33F4N3O2Si/c1-18-12-25(36-16-19-6-5-7-19)32-14-22(18)20-8-9-21(23(28)13-20)26-33-24(27(29,30)31)15-34(26)17-35-10-11-37(2,3)4/h8-9,12-15,19H,5-7,10-11,16-17H2,1-4H3. The van der Waals surface area contributed by atoms with E-state index < -0.39 is 25.8 Å². The van der Waals surface area contributed by atoms with Crippen LogP contribution in [0.25, 0.3) is 22.5 Å². The first-order valence-electron chi connectivity index (χ1n) is 12.5. The number of ether oxygens (including phenoxy) is 2. The van der Waals surface area contributed by atoms with Crippen molar-refractivity contribution in [3.63, 3.8) is 0 Å². The third kappa shape index (κ3) is 6.98. The molecule has 1 fully saturated rings. The molecule has 0 amide bonds. The smallest absolute Gasteiger partial charge is 0.434 e. The third-order valence-electron chi connectivity index (χ3n) is 6.59. The van der Waals surface area contributed by atoms with E-state index in [-0.39, 0.29) is 18.1 Å². The molecule has 37 heavy (non-hydrogen) atoms. The number of pyridine rings is 1. The Morgan fingerprint density at radius 2 is 1.86 bits per heavy atom. The van der Waals surface area contributed by atoms with E-state index in [1.54, 1.807) is 12.3 Å². The molecule has 0 radical (unpaired) electrons. The Labute approximate surface area is 215 Å². The SMILES string of the molecule is Cc1cc(OCC2CCC2)ncc1-c1ccc(-c2nc(C(F)(F)F)cn2COCC[Si](C)(C)C)c(F)c1. The molecule has 4 rings (SSSR count). The third-order valence-corrected chi connectivity index (χ3v) is 8.30. The highest BCUT2D eigenvalue weighted by Gasteiger charge is 2.35. The highest BCUT2D eigenvalue weighted by Crippen LogP contribution is 2.34. The van der Waals surface area contributed by atoms with Gasteiger partial charge in [0.15, 0.2) is 5.69 Å². The van der Waals surface area contributed by atoms with Crippen LogP contribution in [0.4, 0.5) is 17.6 Å². The molecule has 5 nitrogen and oxygen atoms in total. The fraction of sp³-hybridized carbons (Fsp3) is 0.481. The van der Waals surface area contributed by atoms with E-state index >= 15 is 4.39 Å². The van der Waals surface area contributed by atoms with E-state index in [1.165, 1.54) is 36.0 Å². The molecule has 1 aromatic carbocycles. The Hall–Kier alpha value is -2.72. The van der Waals surface area contributed by atoms with Gasteiger partial charge in [-0.15, -0.1) is 0 Å². The molecule has 200 valence electrons. The normalized spacial score (nSPS) is 14.6. The van der Waals surface area contributed by atoms with E-state index in [2.05, 4.69) is 29.6 Å². The van der Waals surface area contributed by atoms with Crippen molar-refractivity contribution in [2.45, 2.75) is 64.8 Å². The predicted octanol–water partition coefficient (Wildman–Crippen LogP) is 7.57. The lowest BCUT2D eigenvalue weighted by Crippen LogP contribution is -2.22. The van der Waals surface area contributed by atoms with Gasteiger partial charge in [-0.2, -0.15) is 13.2 Å². The molecule has 3 aromatic rings. The average Bonchev–Trinajstić information content (AvgIpc) is 3.19. The van der Waals surface area contributed by atoms with Crippen molar-refractivity contribution in [1.82, 2.24) is 14.5 Å². The number of imidazole rings is 1. The Morgan fingerprint density at radius 3 is 2.46 bits per heavy atom. The van der Waals surface area contributed by atoms with E-state index in [9.17, 15) is 13.2 Å². The number of rotatable bonds is 10. The van der Waals surface area contributed by atoms with Crippen LogP contribution in [0.2, 0.25) is 25.7 Å². The second-order valence-corrected chi connectivity index (χ2v) is 16.5. The lowest BCUT2D eigenvalue weighted by molar-refractivity contribution is -0.141. The Kier molecular flexibility index (Phi) is 8.08. The molecule has 0 unspecified atom stereocenters. The summed E-state index contributed by atoms with van der Waals surface area (Å²) in [5.41, 5.74) is 1.03. The summed E-state index contributed by atoms with van der Waals surface area (Å²) in [4.78, 5) is 8.08. The number of aryl methyl sites for hydroxylation is 1. The molecule has 2 heterocycles. The zero-order valence-electron chi connectivity index (χ0n) is 21.7. The van der Waals surface area contributed by atoms with E-state index in [0.717, 1.165) is 23.4 Å². The lowest BCUT2D eigenvalue weighted by Gasteiger charge is -2.24. The van der Waals surface area contributed by atoms with Crippen LogP contribution in [0, 0.1) is 18.7 Å². The summed E-state index contributed by atoms with van der Waals surface area (Å²) >= 11 is 0. The van der Waals surface area contributed by atoms with Gasteiger partial charge in [0, 0.05) is 38.7 Å². The van der Waals surface area contributed by atoms with Gasteiger partial charge in [0.1, 0.15) is 18.4 Å². The summed E-state index contributed by atoms with van der Waals surface area (Å²) in [6, 6.07) is 7.10.